The van der Waals surface area contributed by atoms with Gasteiger partial charge in [-0.1, -0.05) is 24.9 Å². The number of piperidine rings is 1. The first kappa shape index (κ1) is 13.1. The van der Waals surface area contributed by atoms with Gasteiger partial charge in [0, 0.05) is 6.07 Å². The number of carbonyl (C=O) groups is 1. The normalized spacial score (nSPS) is 18.1. The van der Waals surface area contributed by atoms with Crippen LogP contribution in [-0.4, -0.2) is 34.2 Å². The molecule has 1 aromatic rings. The molecule has 1 fully saturated rings. The number of aromatic nitrogens is 1. The van der Waals surface area contributed by atoms with Crippen molar-refractivity contribution >= 4 is 5.97 Å². The van der Waals surface area contributed by atoms with Gasteiger partial charge < -0.3 is 9.63 Å². The van der Waals surface area contributed by atoms with Crippen molar-refractivity contribution in [2.45, 2.75) is 39.2 Å². The highest BCUT2D eigenvalue weighted by Crippen LogP contribution is 2.22. The first-order valence-corrected chi connectivity index (χ1v) is 6.60. The van der Waals surface area contributed by atoms with Crippen LogP contribution >= 0.6 is 0 Å². The molecule has 18 heavy (non-hydrogen) atoms. The summed E-state index contributed by atoms with van der Waals surface area (Å²) in [5.74, 6) is 0.462. The van der Waals surface area contributed by atoms with Gasteiger partial charge in [0.05, 0.1) is 6.54 Å². The standard InChI is InChI=1S/C13H20N2O3/c1-2-3-10-4-6-15(7-5-10)9-11-8-12(13(16)17)14-18-11/h8,10H,2-7,9H2,1H3,(H,16,17). The number of aromatic carboxylic acids is 1. The Hall–Kier alpha value is -1.36. The molecule has 1 saturated heterocycles. The van der Waals surface area contributed by atoms with E-state index in [0.717, 1.165) is 19.0 Å². The lowest BCUT2D eigenvalue weighted by Gasteiger charge is -2.30. The van der Waals surface area contributed by atoms with Crippen molar-refractivity contribution in [3.05, 3.63) is 17.5 Å². The smallest absolute Gasteiger partial charge is 0.358 e. The highest BCUT2D eigenvalue weighted by atomic mass is 16.5. The van der Waals surface area contributed by atoms with Gasteiger partial charge >= 0.3 is 5.97 Å². The minimum absolute atomic E-state index is 0.00845. The predicted molar refractivity (Wildman–Crippen MR) is 66.4 cm³/mol. The van der Waals surface area contributed by atoms with Crippen LogP contribution in [0.3, 0.4) is 0 Å². The molecule has 1 aliphatic heterocycles. The Morgan fingerprint density at radius 3 is 2.83 bits per heavy atom. The van der Waals surface area contributed by atoms with Crippen LogP contribution in [0.5, 0.6) is 0 Å². The molecule has 1 aromatic heterocycles. The van der Waals surface area contributed by atoms with Crippen LogP contribution in [-0.2, 0) is 6.54 Å². The van der Waals surface area contributed by atoms with Crippen molar-refractivity contribution in [2.75, 3.05) is 13.1 Å². The molecule has 0 spiro atoms. The molecule has 0 bridgehead atoms. The number of carboxylic acids is 1. The Labute approximate surface area is 107 Å². The maximum atomic E-state index is 10.7. The van der Waals surface area contributed by atoms with Crippen LogP contribution in [0.15, 0.2) is 10.6 Å². The van der Waals surface area contributed by atoms with E-state index in [4.69, 9.17) is 9.63 Å². The van der Waals surface area contributed by atoms with Crippen LogP contribution in [0, 0.1) is 5.92 Å². The van der Waals surface area contributed by atoms with Gasteiger partial charge in [0.15, 0.2) is 11.5 Å². The summed E-state index contributed by atoms with van der Waals surface area (Å²) in [6, 6.07) is 1.51. The highest BCUT2D eigenvalue weighted by molar-refractivity contribution is 5.85. The zero-order valence-corrected chi connectivity index (χ0v) is 10.8. The number of hydrogen-bond donors (Lipinski definition) is 1. The number of rotatable bonds is 5. The molecule has 0 radical (unpaired) electrons. The number of nitrogens with zero attached hydrogens (tertiary/aromatic N) is 2. The summed E-state index contributed by atoms with van der Waals surface area (Å²) >= 11 is 0. The fraction of sp³-hybridized carbons (Fsp3) is 0.692. The van der Waals surface area contributed by atoms with Crippen molar-refractivity contribution < 1.29 is 14.4 Å². The zero-order valence-electron chi connectivity index (χ0n) is 10.8. The quantitative estimate of drug-likeness (QED) is 0.871. The molecule has 0 amide bonds. The first-order valence-electron chi connectivity index (χ1n) is 6.60. The molecular weight excluding hydrogens is 232 g/mol. The highest BCUT2D eigenvalue weighted by Gasteiger charge is 2.20. The molecule has 2 rings (SSSR count). The fourth-order valence-electron chi connectivity index (χ4n) is 2.55. The fourth-order valence-corrected chi connectivity index (χ4v) is 2.55. The third-order valence-electron chi connectivity index (χ3n) is 3.56. The number of hydrogen-bond acceptors (Lipinski definition) is 4. The second-order valence-electron chi connectivity index (χ2n) is 4.99. The number of likely N-dealkylation sites (tertiary alicyclic amines) is 1. The largest absolute Gasteiger partial charge is 0.476 e. The summed E-state index contributed by atoms with van der Waals surface area (Å²) in [4.78, 5) is 13.0. The van der Waals surface area contributed by atoms with E-state index in [1.165, 1.54) is 31.7 Å². The minimum atomic E-state index is -1.04. The molecule has 0 saturated carbocycles. The molecule has 2 heterocycles. The topological polar surface area (TPSA) is 66.6 Å². The van der Waals surface area contributed by atoms with Crippen molar-refractivity contribution in [3.63, 3.8) is 0 Å². The third kappa shape index (κ3) is 3.32. The van der Waals surface area contributed by atoms with Gasteiger partial charge in [-0.3, -0.25) is 4.90 Å². The predicted octanol–water partition coefficient (Wildman–Crippen LogP) is 2.38. The monoisotopic (exact) mass is 252 g/mol. The van der Waals surface area contributed by atoms with Crippen molar-refractivity contribution in [1.82, 2.24) is 10.1 Å². The van der Waals surface area contributed by atoms with Crippen LogP contribution in [0.2, 0.25) is 0 Å². The van der Waals surface area contributed by atoms with E-state index in [1.54, 1.807) is 0 Å². The van der Waals surface area contributed by atoms with E-state index in [-0.39, 0.29) is 5.69 Å². The molecule has 0 aromatic carbocycles. The first-order chi connectivity index (χ1) is 8.69. The van der Waals surface area contributed by atoms with Gasteiger partial charge in [0.1, 0.15) is 0 Å². The van der Waals surface area contributed by atoms with Crippen molar-refractivity contribution in [1.29, 1.82) is 0 Å². The van der Waals surface area contributed by atoms with E-state index in [9.17, 15) is 4.79 Å². The Balaban J connectivity index is 1.82. The molecule has 5 nitrogen and oxygen atoms in total. The van der Waals surface area contributed by atoms with Crippen molar-refractivity contribution in [2.24, 2.45) is 5.92 Å². The van der Waals surface area contributed by atoms with Crippen LogP contribution in [0.4, 0.5) is 0 Å². The van der Waals surface area contributed by atoms with Gasteiger partial charge in [-0.25, -0.2) is 4.79 Å². The van der Waals surface area contributed by atoms with E-state index < -0.39 is 5.97 Å². The molecule has 1 aliphatic rings. The third-order valence-corrected chi connectivity index (χ3v) is 3.56. The molecule has 100 valence electrons. The average molecular weight is 252 g/mol. The van der Waals surface area contributed by atoms with E-state index in [0.29, 0.717) is 12.3 Å². The second kappa shape index (κ2) is 6.00. The number of carboxylic acid groups (broad SMARTS) is 1. The average Bonchev–Trinajstić information content (AvgIpc) is 2.81. The summed E-state index contributed by atoms with van der Waals surface area (Å²) in [5.41, 5.74) is -0.00845. The molecule has 1 N–H and O–H groups in total. The summed E-state index contributed by atoms with van der Waals surface area (Å²) in [7, 11) is 0. The summed E-state index contributed by atoms with van der Waals surface area (Å²) in [6.45, 7) is 5.02. The maximum Gasteiger partial charge on any atom is 0.358 e. The van der Waals surface area contributed by atoms with Gasteiger partial charge in [-0.05, 0) is 31.8 Å². The van der Waals surface area contributed by atoms with Gasteiger partial charge in [0.25, 0.3) is 0 Å². The molecule has 0 unspecified atom stereocenters. The molecule has 0 aliphatic carbocycles. The second-order valence-corrected chi connectivity index (χ2v) is 4.99. The Morgan fingerprint density at radius 1 is 1.56 bits per heavy atom. The zero-order chi connectivity index (χ0) is 13.0. The van der Waals surface area contributed by atoms with Gasteiger partial charge in [0.2, 0.25) is 0 Å². The van der Waals surface area contributed by atoms with E-state index in [1.807, 2.05) is 0 Å². The van der Waals surface area contributed by atoms with Crippen LogP contribution in [0.1, 0.15) is 48.9 Å². The summed E-state index contributed by atoms with van der Waals surface area (Å²) in [5, 5.41) is 12.3. The molecular formula is C13H20N2O3. The van der Waals surface area contributed by atoms with Crippen molar-refractivity contribution in [3.8, 4) is 0 Å². The van der Waals surface area contributed by atoms with Gasteiger partial charge in [-0.15, -0.1) is 0 Å². The Kier molecular flexibility index (Phi) is 4.36. The van der Waals surface area contributed by atoms with Crippen LogP contribution < -0.4 is 0 Å². The summed E-state index contributed by atoms with van der Waals surface area (Å²) in [6.07, 6.45) is 5.04. The van der Waals surface area contributed by atoms with E-state index >= 15 is 0 Å². The van der Waals surface area contributed by atoms with Gasteiger partial charge in [-0.2, -0.15) is 0 Å². The maximum absolute atomic E-state index is 10.7. The Morgan fingerprint density at radius 2 is 2.28 bits per heavy atom. The molecule has 0 atom stereocenters. The summed E-state index contributed by atoms with van der Waals surface area (Å²) < 4.78 is 5.03. The SMILES string of the molecule is CCCC1CCN(Cc2cc(C(=O)O)no2)CC1. The lowest BCUT2D eigenvalue weighted by atomic mass is 9.92. The lowest BCUT2D eigenvalue weighted by molar-refractivity contribution is 0.0685. The Bertz CT molecular complexity index is 395. The van der Waals surface area contributed by atoms with E-state index in [2.05, 4.69) is 17.0 Å². The lowest BCUT2D eigenvalue weighted by Crippen LogP contribution is -2.33. The molecule has 5 heteroatoms. The minimum Gasteiger partial charge on any atom is -0.476 e. The van der Waals surface area contributed by atoms with Crippen LogP contribution in [0.25, 0.3) is 0 Å².